The average molecular weight is 275 g/mol. The molecule has 0 unspecified atom stereocenters. The predicted octanol–water partition coefficient (Wildman–Crippen LogP) is 3.61. The van der Waals surface area contributed by atoms with Gasteiger partial charge in [0.2, 0.25) is 0 Å². The molecule has 0 aliphatic heterocycles. The predicted molar refractivity (Wildman–Crippen MR) is 77.7 cm³/mol. The molecule has 2 N–H and O–H groups in total. The molecule has 19 heavy (non-hydrogen) atoms. The molecule has 4 heteroatoms. The molecule has 0 radical (unpaired) electrons. The molecule has 0 fully saturated rings. The largest absolute Gasteiger partial charge is 0.477 e. The van der Waals surface area contributed by atoms with Gasteiger partial charge in [0.1, 0.15) is 4.88 Å². The summed E-state index contributed by atoms with van der Waals surface area (Å²) in [5.41, 5.74) is 3.33. The molecule has 0 amide bonds. The molecule has 1 aromatic heterocycles. The van der Waals surface area contributed by atoms with Crippen LogP contribution < -0.4 is 5.32 Å². The number of hydrogen-bond acceptors (Lipinski definition) is 3. The van der Waals surface area contributed by atoms with Crippen molar-refractivity contribution in [2.75, 3.05) is 0 Å². The number of aryl methyl sites for hydroxylation is 1. The monoisotopic (exact) mass is 275 g/mol. The fourth-order valence-corrected chi connectivity index (χ4v) is 2.87. The summed E-state index contributed by atoms with van der Waals surface area (Å²) in [5, 5.41) is 14.3. The minimum Gasteiger partial charge on any atom is -0.477 e. The van der Waals surface area contributed by atoms with Gasteiger partial charge in [-0.25, -0.2) is 4.79 Å². The Hall–Kier alpha value is -1.65. The summed E-state index contributed by atoms with van der Waals surface area (Å²) < 4.78 is 0. The van der Waals surface area contributed by atoms with Gasteiger partial charge >= 0.3 is 5.97 Å². The zero-order valence-electron chi connectivity index (χ0n) is 11.0. The fourth-order valence-electron chi connectivity index (χ4n) is 2.11. The van der Waals surface area contributed by atoms with Gasteiger partial charge in [0.15, 0.2) is 0 Å². The van der Waals surface area contributed by atoms with Crippen molar-refractivity contribution in [2.24, 2.45) is 0 Å². The van der Waals surface area contributed by atoms with Crippen molar-refractivity contribution in [3.63, 3.8) is 0 Å². The van der Waals surface area contributed by atoms with E-state index in [9.17, 15) is 4.79 Å². The highest BCUT2D eigenvalue weighted by atomic mass is 32.1. The van der Waals surface area contributed by atoms with Gasteiger partial charge in [0, 0.05) is 12.6 Å². The van der Waals surface area contributed by atoms with Crippen molar-refractivity contribution >= 4 is 17.3 Å². The number of carboxylic acid groups (broad SMARTS) is 1. The first kappa shape index (κ1) is 13.8. The fraction of sp³-hybridized carbons (Fsp3) is 0.267. The maximum atomic E-state index is 11.0. The number of aromatic carboxylic acids is 1. The molecular weight excluding hydrogens is 258 g/mol. The molecule has 2 aromatic rings. The standard InChI is InChI=1S/C15H17NO2S/c1-10-5-3-4-6-13(10)11(2)16-9-12-7-8-19-14(12)15(17)18/h3-8,11,16H,9H2,1-2H3,(H,17,18)/t11-/m0/s1. The van der Waals surface area contributed by atoms with Crippen LogP contribution in [0.1, 0.15) is 39.3 Å². The lowest BCUT2D eigenvalue weighted by molar-refractivity contribution is 0.0701. The van der Waals surface area contributed by atoms with Crippen molar-refractivity contribution in [3.8, 4) is 0 Å². The first-order valence-electron chi connectivity index (χ1n) is 6.18. The Labute approximate surface area is 116 Å². The maximum absolute atomic E-state index is 11.0. The van der Waals surface area contributed by atoms with E-state index in [1.807, 2.05) is 23.6 Å². The molecule has 0 spiro atoms. The first-order chi connectivity index (χ1) is 9.09. The molecule has 3 nitrogen and oxygen atoms in total. The Morgan fingerprint density at radius 2 is 2.11 bits per heavy atom. The SMILES string of the molecule is Cc1ccccc1[C@H](C)NCc1ccsc1C(=O)O. The van der Waals surface area contributed by atoms with E-state index >= 15 is 0 Å². The third-order valence-electron chi connectivity index (χ3n) is 3.19. The summed E-state index contributed by atoms with van der Waals surface area (Å²) in [4.78, 5) is 11.5. The Kier molecular flexibility index (Phi) is 4.35. The summed E-state index contributed by atoms with van der Waals surface area (Å²) in [7, 11) is 0. The maximum Gasteiger partial charge on any atom is 0.346 e. The van der Waals surface area contributed by atoms with Crippen LogP contribution in [0.4, 0.5) is 0 Å². The van der Waals surface area contributed by atoms with E-state index in [0.717, 1.165) is 5.56 Å². The topological polar surface area (TPSA) is 49.3 Å². The third-order valence-corrected chi connectivity index (χ3v) is 4.14. The molecule has 0 saturated carbocycles. The van der Waals surface area contributed by atoms with Crippen LogP contribution in [-0.4, -0.2) is 11.1 Å². The van der Waals surface area contributed by atoms with E-state index in [1.165, 1.54) is 22.5 Å². The number of thiophene rings is 1. The highest BCUT2D eigenvalue weighted by Crippen LogP contribution is 2.20. The molecule has 0 aliphatic rings. The minimum atomic E-state index is -0.852. The van der Waals surface area contributed by atoms with E-state index in [1.54, 1.807) is 0 Å². The summed E-state index contributed by atoms with van der Waals surface area (Å²) in [6, 6.07) is 10.3. The van der Waals surface area contributed by atoms with Gasteiger partial charge in [-0.15, -0.1) is 11.3 Å². The number of rotatable bonds is 5. The molecule has 100 valence electrons. The lowest BCUT2D eigenvalue weighted by Crippen LogP contribution is -2.19. The van der Waals surface area contributed by atoms with Gasteiger partial charge in [-0.05, 0) is 42.0 Å². The van der Waals surface area contributed by atoms with Crippen molar-refractivity contribution in [1.82, 2.24) is 5.32 Å². The Morgan fingerprint density at radius 1 is 1.37 bits per heavy atom. The van der Waals surface area contributed by atoms with Gasteiger partial charge in [-0.3, -0.25) is 0 Å². The summed E-state index contributed by atoms with van der Waals surface area (Å²) >= 11 is 1.27. The van der Waals surface area contributed by atoms with E-state index in [0.29, 0.717) is 11.4 Å². The van der Waals surface area contributed by atoms with Crippen LogP contribution in [0.25, 0.3) is 0 Å². The molecule has 1 heterocycles. The minimum absolute atomic E-state index is 0.197. The lowest BCUT2D eigenvalue weighted by atomic mass is 10.0. The van der Waals surface area contributed by atoms with E-state index in [-0.39, 0.29) is 6.04 Å². The third kappa shape index (κ3) is 3.22. The summed E-state index contributed by atoms with van der Waals surface area (Å²) in [6.07, 6.45) is 0. The number of hydrogen-bond donors (Lipinski definition) is 2. The Bertz CT molecular complexity index is 577. The number of carbonyl (C=O) groups is 1. The van der Waals surface area contributed by atoms with Gasteiger partial charge in [0.25, 0.3) is 0 Å². The zero-order valence-corrected chi connectivity index (χ0v) is 11.8. The van der Waals surface area contributed by atoms with Crippen LogP contribution in [0.15, 0.2) is 35.7 Å². The zero-order chi connectivity index (χ0) is 13.8. The van der Waals surface area contributed by atoms with E-state index in [2.05, 4.69) is 31.3 Å². The Balaban J connectivity index is 2.05. The van der Waals surface area contributed by atoms with E-state index < -0.39 is 5.97 Å². The second-order valence-corrected chi connectivity index (χ2v) is 5.46. The van der Waals surface area contributed by atoms with E-state index in [4.69, 9.17) is 5.11 Å². The van der Waals surface area contributed by atoms with Crippen LogP contribution in [-0.2, 0) is 6.54 Å². The quantitative estimate of drug-likeness (QED) is 0.876. The first-order valence-corrected chi connectivity index (χ1v) is 7.06. The Morgan fingerprint density at radius 3 is 2.79 bits per heavy atom. The van der Waals surface area contributed by atoms with Crippen LogP contribution in [0.3, 0.4) is 0 Å². The van der Waals surface area contributed by atoms with Crippen molar-refractivity contribution in [1.29, 1.82) is 0 Å². The second kappa shape index (κ2) is 5.99. The van der Waals surface area contributed by atoms with Gasteiger partial charge < -0.3 is 10.4 Å². The van der Waals surface area contributed by atoms with Gasteiger partial charge in [-0.1, -0.05) is 24.3 Å². The number of nitrogens with one attached hydrogen (secondary N) is 1. The van der Waals surface area contributed by atoms with Crippen LogP contribution in [0, 0.1) is 6.92 Å². The smallest absolute Gasteiger partial charge is 0.346 e. The van der Waals surface area contributed by atoms with Gasteiger partial charge in [-0.2, -0.15) is 0 Å². The lowest BCUT2D eigenvalue weighted by Gasteiger charge is -2.16. The highest BCUT2D eigenvalue weighted by Gasteiger charge is 2.13. The van der Waals surface area contributed by atoms with Crippen molar-refractivity contribution in [3.05, 3.63) is 57.3 Å². The van der Waals surface area contributed by atoms with Crippen LogP contribution >= 0.6 is 11.3 Å². The molecule has 1 atom stereocenters. The molecule has 1 aromatic carbocycles. The normalized spacial score (nSPS) is 12.3. The van der Waals surface area contributed by atoms with Crippen molar-refractivity contribution < 1.29 is 9.90 Å². The molecular formula is C15H17NO2S. The van der Waals surface area contributed by atoms with Gasteiger partial charge in [0.05, 0.1) is 0 Å². The molecule has 2 rings (SSSR count). The number of carboxylic acids is 1. The number of benzene rings is 1. The van der Waals surface area contributed by atoms with Crippen LogP contribution in [0.5, 0.6) is 0 Å². The molecule has 0 bridgehead atoms. The molecule has 0 aliphatic carbocycles. The van der Waals surface area contributed by atoms with Crippen molar-refractivity contribution in [2.45, 2.75) is 26.4 Å². The molecule has 0 saturated heterocycles. The summed E-state index contributed by atoms with van der Waals surface area (Å²) in [5.74, 6) is -0.852. The average Bonchev–Trinajstić information content (AvgIpc) is 2.85. The van der Waals surface area contributed by atoms with Crippen LogP contribution in [0.2, 0.25) is 0 Å². The second-order valence-electron chi connectivity index (χ2n) is 4.54. The summed E-state index contributed by atoms with van der Waals surface area (Å²) in [6.45, 7) is 4.75. The highest BCUT2D eigenvalue weighted by molar-refractivity contribution is 7.12.